The Kier molecular flexibility index (Phi) is 7.79. The first kappa shape index (κ1) is 19.4. The lowest BCUT2D eigenvalue weighted by atomic mass is 10.0. The van der Waals surface area contributed by atoms with Crippen LogP contribution in [0.25, 0.3) is 0 Å². The highest BCUT2D eigenvalue weighted by Gasteiger charge is 2.34. The molecule has 20 heavy (non-hydrogen) atoms. The van der Waals surface area contributed by atoms with Crippen LogP contribution in [-0.4, -0.2) is 25.1 Å². The highest BCUT2D eigenvalue weighted by molar-refractivity contribution is 6.73. The summed E-state index contributed by atoms with van der Waals surface area (Å²) in [5.74, 6) is 6.36. The van der Waals surface area contributed by atoms with E-state index in [9.17, 15) is 5.11 Å². The third-order valence-corrected chi connectivity index (χ3v) is 8.67. The molecular weight excluding hydrogens is 264 g/mol. The fraction of sp³-hybridized carbons (Fsp3) is 0.765. The van der Waals surface area contributed by atoms with Gasteiger partial charge in [-0.05, 0) is 52.8 Å². The second-order valence-corrected chi connectivity index (χ2v) is 10.9. The van der Waals surface area contributed by atoms with Gasteiger partial charge in [0.25, 0.3) is 0 Å². The largest absolute Gasteiger partial charge is 0.401 e. The number of hydrogen-bond donors (Lipinski definition) is 1. The number of aliphatic hydroxyl groups excluding tert-OH is 1. The summed E-state index contributed by atoms with van der Waals surface area (Å²) in [7, 11) is -1.66. The molecule has 0 saturated carbocycles. The van der Waals surface area contributed by atoms with Crippen LogP contribution in [0.3, 0.4) is 0 Å². The normalized spacial score (nSPS) is 13.4. The van der Waals surface area contributed by atoms with Gasteiger partial charge in [0.1, 0.15) is 5.60 Å². The molecule has 0 fully saturated rings. The zero-order chi connectivity index (χ0) is 16.0. The minimum absolute atomic E-state index is 0.455. The summed E-state index contributed by atoms with van der Waals surface area (Å²) in [5, 5.41) is 9.76. The van der Waals surface area contributed by atoms with Gasteiger partial charge < -0.3 is 9.53 Å². The van der Waals surface area contributed by atoms with E-state index in [1.54, 1.807) is 6.92 Å². The van der Waals surface area contributed by atoms with Crippen LogP contribution in [-0.2, 0) is 4.43 Å². The highest BCUT2D eigenvalue weighted by atomic mass is 28.4. The minimum Gasteiger partial charge on any atom is -0.401 e. The van der Waals surface area contributed by atoms with Crippen molar-refractivity contribution in [2.24, 2.45) is 0 Å². The fourth-order valence-corrected chi connectivity index (χ4v) is 5.46. The van der Waals surface area contributed by atoms with E-state index in [0.717, 1.165) is 29.3 Å². The van der Waals surface area contributed by atoms with Crippen LogP contribution < -0.4 is 0 Å². The second-order valence-electron chi connectivity index (χ2n) is 6.20. The summed E-state index contributed by atoms with van der Waals surface area (Å²) >= 11 is 0. The van der Waals surface area contributed by atoms with Crippen molar-refractivity contribution in [2.75, 3.05) is 0 Å². The Morgan fingerprint density at radius 2 is 1.60 bits per heavy atom. The molecule has 0 radical (unpaired) electrons. The smallest absolute Gasteiger partial charge is 0.194 e. The minimum atomic E-state index is -1.66. The summed E-state index contributed by atoms with van der Waals surface area (Å²) in [4.78, 5) is 0. The average Bonchev–Trinajstić information content (AvgIpc) is 2.35. The van der Waals surface area contributed by atoms with Crippen LogP contribution in [0.2, 0.25) is 18.1 Å². The van der Waals surface area contributed by atoms with Crippen molar-refractivity contribution in [1.82, 2.24) is 0 Å². The van der Waals surface area contributed by atoms with Crippen molar-refractivity contribution >= 4 is 8.32 Å². The lowest BCUT2D eigenvalue weighted by molar-refractivity contribution is 0.157. The van der Waals surface area contributed by atoms with Crippen LogP contribution >= 0.6 is 0 Å². The van der Waals surface area contributed by atoms with E-state index in [4.69, 9.17) is 4.43 Å². The second kappa shape index (κ2) is 8.02. The standard InChI is InChI=1S/C17H32O2Si/c1-9-20(10-2,11-3)19-17(7,8)13-12-16(14(4)5)15(6)18/h15,18H,9-11H2,1-8H3. The summed E-state index contributed by atoms with van der Waals surface area (Å²) < 4.78 is 6.44. The quantitative estimate of drug-likeness (QED) is 0.577. The van der Waals surface area contributed by atoms with Crippen molar-refractivity contribution in [3.8, 4) is 11.8 Å². The van der Waals surface area contributed by atoms with Gasteiger partial charge in [-0.15, -0.1) is 0 Å². The third-order valence-electron chi connectivity index (χ3n) is 3.86. The molecule has 0 amide bonds. The number of allylic oxidation sites excluding steroid dienone is 1. The molecule has 2 nitrogen and oxygen atoms in total. The molecule has 0 aliphatic rings. The first-order valence-electron chi connectivity index (χ1n) is 7.71. The van der Waals surface area contributed by atoms with E-state index < -0.39 is 20.0 Å². The SMILES string of the molecule is CC[Si](CC)(CC)OC(C)(C)C#CC(=C(C)C)C(C)O. The molecule has 0 bridgehead atoms. The van der Waals surface area contributed by atoms with Gasteiger partial charge in [-0.25, -0.2) is 0 Å². The first-order valence-corrected chi connectivity index (χ1v) is 10.2. The molecule has 0 aliphatic heterocycles. The first-order chi connectivity index (χ1) is 9.13. The molecule has 0 aliphatic carbocycles. The molecule has 1 atom stereocenters. The zero-order valence-corrected chi connectivity index (χ0v) is 15.6. The molecule has 0 saturated heterocycles. The molecule has 1 unspecified atom stereocenters. The monoisotopic (exact) mass is 296 g/mol. The Bertz CT molecular complexity index is 381. The predicted octanol–water partition coefficient (Wildman–Crippen LogP) is 4.51. The maximum Gasteiger partial charge on any atom is 0.194 e. The highest BCUT2D eigenvalue weighted by Crippen LogP contribution is 2.27. The van der Waals surface area contributed by atoms with Crippen LogP contribution in [0.1, 0.15) is 55.4 Å². The summed E-state index contributed by atoms with van der Waals surface area (Å²) in [6.45, 7) is 16.5. The lowest BCUT2D eigenvalue weighted by Crippen LogP contribution is -2.43. The zero-order valence-electron chi connectivity index (χ0n) is 14.6. The molecule has 116 valence electrons. The maximum absolute atomic E-state index is 9.76. The molecule has 0 aromatic rings. The Hall–Kier alpha value is -0.563. The van der Waals surface area contributed by atoms with E-state index in [2.05, 4.69) is 32.6 Å². The van der Waals surface area contributed by atoms with E-state index in [1.807, 2.05) is 27.7 Å². The Balaban J connectivity index is 5.24. The van der Waals surface area contributed by atoms with Gasteiger partial charge in [0.15, 0.2) is 8.32 Å². The Morgan fingerprint density at radius 3 is 1.90 bits per heavy atom. The number of aliphatic hydroxyl groups is 1. The maximum atomic E-state index is 9.76. The summed E-state index contributed by atoms with van der Waals surface area (Å²) in [5.41, 5.74) is 1.41. The van der Waals surface area contributed by atoms with Gasteiger partial charge in [0, 0.05) is 5.57 Å². The average molecular weight is 297 g/mol. The third kappa shape index (κ3) is 5.83. The predicted molar refractivity (Wildman–Crippen MR) is 90.2 cm³/mol. The van der Waals surface area contributed by atoms with Crippen molar-refractivity contribution in [3.63, 3.8) is 0 Å². The molecular formula is C17H32O2Si. The van der Waals surface area contributed by atoms with Gasteiger partial charge in [-0.3, -0.25) is 0 Å². The van der Waals surface area contributed by atoms with Crippen LogP contribution in [0.5, 0.6) is 0 Å². The van der Waals surface area contributed by atoms with Crippen LogP contribution in [0.4, 0.5) is 0 Å². The molecule has 0 aromatic carbocycles. The molecule has 0 aromatic heterocycles. The number of hydrogen-bond acceptors (Lipinski definition) is 2. The topological polar surface area (TPSA) is 29.5 Å². The van der Waals surface area contributed by atoms with E-state index >= 15 is 0 Å². The molecule has 0 heterocycles. The molecule has 3 heteroatoms. The van der Waals surface area contributed by atoms with E-state index in [0.29, 0.717) is 0 Å². The van der Waals surface area contributed by atoms with Gasteiger partial charge in [0.2, 0.25) is 0 Å². The molecule has 1 N–H and O–H groups in total. The fourth-order valence-electron chi connectivity index (χ4n) is 2.40. The molecule has 0 rings (SSSR count). The summed E-state index contributed by atoms with van der Waals surface area (Å²) in [6, 6.07) is 3.37. The Labute approximate surface area is 126 Å². The van der Waals surface area contributed by atoms with E-state index in [1.165, 1.54) is 0 Å². The van der Waals surface area contributed by atoms with Crippen LogP contribution in [0, 0.1) is 11.8 Å². The van der Waals surface area contributed by atoms with Gasteiger partial charge in [0.05, 0.1) is 6.10 Å². The number of rotatable bonds is 6. The summed E-state index contributed by atoms with van der Waals surface area (Å²) in [6.07, 6.45) is -0.520. The van der Waals surface area contributed by atoms with E-state index in [-0.39, 0.29) is 0 Å². The van der Waals surface area contributed by atoms with Crippen molar-refractivity contribution < 1.29 is 9.53 Å². The van der Waals surface area contributed by atoms with Gasteiger partial charge >= 0.3 is 0 Å². The van der Waals surface area contributed by atoms with Crippen molar-refractivity contribution in [2.45, 2.75) is 85.2 Å². The van der Waals surface area contributed by atoms with Gasteiger partial charge in [-0.1, -0.05) is 38.2 Å². The van der Waals surface area contributed by atoms with Crippen molar-refractivity contribution in [1.29, 1.82) is 0 Å². The lowest BCUT2D eigenvalue weighted by Gasteiger charge is -2.35. The molecule has 0 spiro atoms. The Morgan fingerprint density at radius 1 is 1.15 bits per heavy atom. The van der Waals surface area contributed by atoms with Gasteiger partial charge in [-0.2, -0.15) is 0 Å². The van der Waals surface area contributed by atoms with Crippen molar-refractivity contribution in [3.05, 3.63) is 11.1 Å². The van der Waals surface area contributed by atoms with Crippen LogP contribution in [0.15, 0.2) is 11.1 Å².